The predicted octanol–water partition coefficient (Wildman–Crippen LogP) is 4.21. The van der Waals surface area contributed by atoms with Crippen molar-refractivity contribution in [2.75, 3.05) is 0 Å². The molecule has 0 atom stereocenters. The van der Waals surface area contributed by atoms with E-state index < -0.39 is 0 Å². The van der Waals surface area contributed by atoms with E-state index >= 15 is 0 Å². The minimum Gasteiger partial charge on any atom is -0.196 e. The molecule has 0 bridgehead atoms. The Morgan fingerprint density at radius 2 is 1.20 bits per heavy atom. The van der Waals surface area contributed by atoms with Gasteiger partial charge in [0.15, 0.2) is 6.20 Å². The summed E-state index contributed by atoms with van der Waals surface area (Å²) in [6, 6.07) is 13.4. The number of pyridine rings is 2. The number of hydrogen-bond acceptors (Lipinski definition) is 0. The molecule has 2 heteroatoms. The molecule has 1 aromatic carbocycles. The van der Waals surface area contributed by atoms with Crippen LogP contribution >= 0.6 is 0 Å². The topological polar surface area (TPSA) is 7.76 Å². The predicted molar refractivity (Wildman–Crippen MR) is 103 cm³/mol. The van der Waals surface area contributed by atoms with Crippen molar-refractivity contribution < 1.29 is 9.13 Å². The van der Waals surface area contributed by atoms with E-state index in [-0.39, 0.29) is 0 Å². The summed E-state index contributed by atoms with van der Waals surface area (Å²) in [6.45, 7) is 10.9. The Bertz CT molecular complexity index is 893. The van der Waals surface area contributed by atoms with Crippen LogP contribution in [0.1, 0.15) is 27.8 Å². The number of nitrogens with zero attached hydrogens (tertiary/aromatic N) is 2. The Morgan fingerprint density at radius 3 is 1.92 bits per heavy atom. The van der Waals surface area contributed by atoms with Crippen molar-refractivity contribution in [3.63, 3.8) is 0 Å². The van der Waals surface area contributed by atoms with E-state index in [4.69, 9.17) is 0 Å². The first-order chi connectivity index (χ1) is 11.8. The summed E-state index contributed by atoms with van der Waals surface area (Å²) in [6.07, 6.45) is 2.21. The maximum absolute atomic E-state index is 2.31. The molecule has 128 valence electrons. The second kappa shape index (κ2) is 6.44. The van der Waals surface area contributed by atoms with Gasteiger partial charge in [-0.2, -0.15) is 9.13 Å². The fourth-order valence-electron chi connectivity index (χ4n) is 3.49. The van der Waals surface area contributed by atoms with Gasteiger partial charge in [0.2, 0.25) is 5.69 Å². The van der Waals surface area contributed by atoms with E-state index in [0.717, 1.165) is 0 Å². The molecule has 0 unspecified atom stereocenters. The van der Waals surface area contributed by atoms with Crippen molar-refractivity contribution in [3.8, 4) is 22.6 Å². The molecule has 0 aliphatic heterocycles. The fourth-order valence-corrected chi connectivity index (χ4v) is 3.49. The van der Waals surface area contributed by atoms with Crippen LogP contribution in [0.3, 0.4) is 0 Å². The molecule has 0 fully saturated rings. The summed E-state index contributed by atoms with van der Waals surface area (Å²) in [4.78, 5) is 0. The molecule has 3 rings (SSSR count). The monoisotopic (exact) mass is 332 g/mol. The molecule has 0 N–H and O–H groups in total. The van der Waals surface area contributed by atoms with Gasteiger partial charge in [-0.3, -0.25) is 0 Å². The van der Waals surface area contributed by atoms with Crippen LogP contribution in [-0.4, -0.2) is 0 Å². The highest BCUT2D eigenvalue weighted by atomic mass is 15.0. The third kappa shape index (κ3) is 3.09. The summed E-state index contributed by atoms with van der Waals surface area (Å²) in [5, 5.41) is 0. The number of aromatic nitrogens is 2. The van der Waals surface area contributed by atoms with Gasteiger partial charge in [-0.25, -0.2) is 0 Å². The molecule has 3 aromatic rings. The van der Waals surface area contributed by atoms with Gasteiger partial charge >= 0.3 is 0 Å². The van der Waals surface area contributed by atoms with Crippen molar-refractivity contribution in [1.82, 2.24) is 0 Å². The molecule has 0 radical (unpaired) electrons. The van der Waals surface area contributed by atoms with Crippen LogP contribution in [-0.2, 0) is 14.1 Å². The van der Waals surface area contributed by atoms with Crippen molar-refractivity contribution in [1.29, 1.82) is 0 Å². The minimum absolute atomic E-state index is 1.22. The Morgan fingerprint density at radius 1 is 0.600 bits per heavy atom. The lowest BCUT2D eigenvalue weighted by molar-refractivity contribution is -0.685. The number of aryl methyl sites for hydroxylation is 6. The van der Waals surface area contributed by atoms with Crippen LogP contribution < -0.4 is 9.13 Å². The van der Waals surface area contributed by atoms with Gasteiger partial charge < -0.3 is 0 Å². The molecule has 0 aliphatic carbocycles. The van der Waals surface area contributed by atoms with Crippen LogP contribution in [0.2, 0.25) is 0 Å². The molecule has 2 aromatic heterocycles. The Labute approximate surface area is 151 Å². The highest BCUT2D eigenvalue weighted by Gasteiger charge is 2.24. The van der Waals surface area contributed by atoms with E-state index in [1.807, 2.05) is 0 Å². The van der Waals surface area contributed by atoms with Crippen molar-refractivity contribution in [2.24, 2.45) is 14.1 Å². The highest BCUT2D eigenvalue weighted by molar-refractivity contribution is 5.64. The Kier molecular flexibility index (Phi) is 4.47. The molecular formula is C23H28N2+2. The third-order valence-corrected chi connectivity index (χ3v) is 5.35. The lowest BCUT2D eigenvalue weighted by atomic mass is 9.97. The standard InChI is InChI=1S/C23H28N2/c1-15-11-18(4)20(12-16(15)2)21-9-8-10-22(25(21)7)23-13-17(3)19(5)14-24(23)6/h8-14H,1-7H3/q+2. The number of hydrogen-bond donors (Lipinski definition) is 0. The molecule has 0 saturated carbocycles. The zero-order valence-electron chi connectivity index (χ0n) is 16.4. The summed E-state index contributed by atoms with van der Waals surface area (Å²) >= 11 is 0. The molecule has 0 saturated heterocycles. The minimum atomic E-state index is 1.22. The number of benzene rings is 1. The highest BCUT2D eigenvalue weighted by Crippen LogP contribution is 2.25. The van der Waals surface area contributed by atoms with Gasteiger partial charge in [-0.15, -0.1) is 0 Å². The van der Waals surface area contributed by atoms with Crippen LogP contribution in [0, 0.1) is 34.6 Å². The first kappa shape index (κ1) is 17.3. The maximum Gasteiger partial charge on any atom is 0.277 e. The van der Waals surface area contributed by atoms with Crippen molar-refractivity contribution in [3.05, 3.63) is 70.4 Å². The van der Waals surface area contributed by atoms with E-state index in [9.17, 15) is 0 Å². The molecule has 0 amide bonds. The first-order valence-corrected chi connectivity index (χ1v) is 8.84. The zero-order valence-corrected chi connectivity index (χ0v) is 16.4. The van der Waals surface area contributed by atoms with Crippen LogP contribution in [0.5, 0.6) is 0 Å². The Hall–Kier alpha value is -2.48. The quantitative estimate of drug-likeness (QED) is 0.621. The smallest absolute Gasteiger partial charge is 0.196 e. The second-order valence-electron chi connectivity index (χ2n) is 7.24. The van der Waals surface area contributed by atoms with E-state index in [2.05, 4.69) is 100 Å². The van der Waals surface area contributed by atoms with E-state index in [0.29, 0.717) is 0 Å². The molecular weight excluding hydrogens is 304 g/mol. The lowest BCUT2D eigenvalue weighted by Crippen LogP contribution is -2.40. The first-order valence-electron chi connectivity index (χ1n) is 8.84. The molecule has 2 heterocycles. The van der Waals surface area contributed by atoms with Gasteiger partial charge in [0.25, 0.3) is 11.4 Å². The number of rotatable bonds is 2. The average Bonchev–Trinajstić information content (AvgIpc) is 2.55. The van der Waals surface area contributed by atoms with Crippen LogP contribution in [0.15, 0.2) is 42.6 Å². The summed E-state index contributed by atoms with van der Waals surface area (Å²) in [5.74, 6) is 0. The SMILES string of the molecule is Cc1cc(C)c(-c2cccc(-c3cc(C)c(C)c[n+]3C)[n+]2C)cc1C. The lowest BCUT2D eigenvalue weighted by Gasteiger charge is -2.10. The van der Waals surface area contributed by atoms with Crippen molar-refractivity contribution in [2.45, 2.75) is 34.6 Å². The van der Waals surface area contributed by atoms with Crippen LogP contribution in [0.25, 0.3) is 22.6 Å². The third-order valence-electron chi connectivity index (χ3n) is 5.35. The second-order valence-corrected chi connectivity index (χ2v) is 7.24. The maximum atomic E-state index is 2.31. The molecule has 25 heavy (non-hydrogen) atoms. The van der Waals surface area contributed by atoms with E-state index in [1.165, 1.54) is 50.5 Å². The average molecular weight is 332 g/mol. The summed E-state index contributed by atoms with van der Waals surface area (Å²) in [7, 11) is 4.28. The summed E-state index contributed by atoms with van der Waals surface area (Å²) < 4.78 is 4.52. The summed E-state index contributed by atoms with van der Waals surface area (Å²) in [5.41, 5.74) is 11.6. The van der Waals surface area contributed by atoms with Gasteiger partial charge in [0.05, 0.1) is 0 Å². The molecule has 2 nitrogen and oxygen atoms in total. The Balaban J connectivity index is 2.23. The fraction of sp³-hybridized carbons (Fsp3) is 0.304. The van der Waals surface area contributed by atoms with Gasteiger partial charge in [-0.1, -0.05) is 6.07 Å². The van der Waals surface area contributed by atoms with E-state index in [1.54, 1.807) is 0 Å². The van der Waals surface area contributed by atoms with Crippen LogP contribution in [0.4, 0.5) is 0 Å². The largest absolute Gasteiger partial charge is 0.277 e. The normalized spacial score (nSPS) is 11.0. The van der Waals surface area contributed by atoms with Gasteiger partial charge in [-0.05, 0) is 69.0 Å². The zero-order chi connectivity index (χ0) is 18.3. The van der Waals surface area contributed by atoms with Crippen molar-refractivity contribution >= 4 is 0 Å². The van der Waals surface area contributed by atoms with Gasteiger partial charge in [0.1, 0.15) is 14.1 Å². The molecule has 0 aliphatic rings. The molecule has 0 spiro atoms. The van der Waals surface area contributed by atoms with Gasteiger partial charge in [0, 0.05) is 29.3 Å².